The van der Waals surface area contributed by atoms with E-state index in [0.717, 1.165) is 22.3 Å². The van der Waals surface area contributed by atoms with E-state index in [1.54, 1.807) is 0 Å². The van der Waals surface area contributed by atoms with Crippen molar-refractivity contribution >= 4 is 17.9 Å². The van der Waals surface area contributed by atoms with Crippen LogP contribution in [0.4, 0.5) is 4.79 Å². The number of aliphatic hydroxyl groups excluding tert-OH is 1. The quantitative estimate of drug-likeness (QED) is 0.339. The summed E-state index contributed by atoms with van der Waals surface area (Å²) in [5.41, 5.74) is 9.24. The summed E-state index contributed by atoms with van der Waals surface area (Å²) in [6, 6.07) is 25.7. The fourth-order valence-electron chi connectivity index (χ4n) is 3.44. The molecule has 0 aromatic heterocycles. The van der Waals surface area contributed by atoms with Crippen molar-refractivity contribution in [1.82, 2.24) is 10.6 Å². The molecule has 3 aromatic rings. The summed E-state index contributed by atoms with van der Waals surface area (Å²) >= 11 is 0. The largest absolute Gasteiger partial charge is 0.445 e. The molecule has 3 rings (SSSR count). The fourth-order valence-corrected chi connectivity index (χ4v) is 3.44. The summed E-state index contributed by atoms with van der Waals surface area (Å²) < 4.78 is 5.06. The van der Waals surface area contributed by atoms with E-state index in [2.05, 4.69) is 10.6 Å². The lowest BCUT2D eigenvalue weighted by atomic mass is 10.0. The Morgan fingerprint density at radius 2 is 1.43 bits per heavy atom. The first-order valence-electron chi connectivity index (χ1n) is 11.3. The first-order valence-corrected chi connectivity index (χ1v) is 11.3. The van der Waals surface area contributed by atoms with Gasteiger partial charge in [-0.15, -0.1) is 0 Å². The van der Waals surface area contributed by atoms with Crippen molar-refractivity contribution in [3.63, 3.8) is 0 Å². The average Bonchev–Trinajstić information content (AvgIpc) is 2.87. The molecule has 0 saturated carbocycles. The second-order valence-electron chi connectivity index (χ2n) is 8.09. The normalized spacial score (nSPS) is 12.3. The van der Waals surface area contributed by atoms with E-state index >= 15 is 0 Å². The molecule has 0 radical (unpaired) electrons. The third kappa shape index (κ3) is 8.60. The lowest BCUT2D eigenvalue weighted by Gasteiger charge is -2.17. The number of aliphatic hydroxyl groups is 1. The number of hydrogen-bond donors (Lipinski definition) is 4. The van der Waals surface area contributed by atoms with Gasteiger partial charge >= 0.3 is 6.09 Å². The van der Waals surface area contributed by atoms with Gasteiger partial charge < -0.3 is 26.2 Å². The first kappa shape index (κ1) is 25.5. The number of carbonyl (C=O) groups excluding carboxylic acids is 3. The summed E-state index contributed by atoms with van der Waals surface area (Å²) in [5.74, 6) is -1.23. The second kappa shape index (κ2) is 12.9. The molecule has 0 heterocycles. The minimum atomic E-state index is -1.15. The van der Waals surface area contributed by atoms with Crippen molar-refractivity contribution < 1.29 is 24.2 Å². The van der Waals surface area contributed by atoms with Gasteiger partial charge in [0.15, 0.2) is 0 Å². The molecular weight excluding hydrogens is 446 g/mol. The molecule has 0 saturated heterocycles. The number of primary amides is 1. The van der Waals surface area contributed by atoms with Gasteiger partial charge in [-0.1, -0.05) is 84.9 Å². The van der Waals surface area contributed by atoms with Crippen LogP contribution in [0.1, 0.15) is 17.5 Å². The van der Waals surface area contributed by atoms with Gasteiger partial charge in [0.2, 0.25) is 11.8 Å². The fraction of sp³-hybridized carbons (Fsp3) is 0.222. The van der Waals surface area contributed by atoms with Crippen LogP contribution in [-0.4, -0.2) is 41.7 Å². The number of nitrogens with two attached hydrogens (primary N) is 1. The van der Waals surface area contributed by atoms with Crippen molar-refractivity contribution in [2.24, 2.45) is 5.73 Å². The van der Waals surface area contributed by atoms with Gasteiger partial charge in [0.1, 0.15) is 12.6 Å². The van der Waals surface area contributed by atoms with E-state index in [1.165, 1.54) is 0 Å². The lowest BCUT2D eigenvalue weighted by Crippen LogP contribution is -2.47. The third-order valence-corrected chi connectivity index (χ3v) is 5.30. The highest BCUT2D eigenvalue weighted by atomic mass is 16.5. The number of carbonyl (C=O) groups is 3. The Bertz CT molecular complexity index is 1100. The van der Waals surface area contributed by atoms with E-state index in [1.807, 2.05) is 84.9 Å². The third-order valence-electron chi connectivity index (χ3n) is 5.30. The Labute approximate surface area is 204 Å². The maximum atomic E-state index is 12.3. The summed E-state index contributed by atoms with van der Waals surface area (Å²) in [7, 11) is 0. The van der Waals surface area contributed by atoms with E-state index in [9.17, 15) is 19.5 Å². The van der Waals surface area contributed by atoms with Crippen LogP contribution in [-0.2, 0) is 27.4 Å². The number of alkyl carbamates (subject to hydrolysis) is 1. The average molecular weight is 476 g/mol. The molecule has 35 heavy (non-hydrogen) atoms. The minimum Gasteiger partial charge on any atom is -0.445 e. The van der Waals surface area contributed by atoms with Crippen LogP contribution < -0.4 is 16.4 Å². The van der Waals surface area contributed by atoms with Gasteiger partial charge in [-0.25, -0.2) is 4.79 Å². The number of ether oxygens (including phenoxy) is 1. The molecule has 5 N–H and O–H groups in total. The Hall–Kier alpha value is -4.17. The lowest BCUT2D eigenvalue weighted by molar-refractivity contribution is -0.128. The minimum absolute atomic E-state index is 0.0931. The molecule has 0 aliphatic rings. The number of amides is 3. The number of nitrogens with one attached hydrogen (secondary N) is 2. The summed E-state index contributed by atoms with van der Waals surface area (Å²) in [6.07, 6.45) is -1.95. The maximum absolute atomic E-state index is 12.3. The van der Waals surface area contributed by atoms with Crippen LogP contribution in [0, 0.1) is 0 Å². The maximum Gasteiger partial charge on any atom is 0.407 e. The zero-order chi connectivity index (χ0) is 25.0. The van der Waals surface area contributed by atoms with Crippen molar-refractivity contribution in [3.8, 4) is 11.1 Å². The van der Waals surface area contributed by atoms with Crippen LogP contribution >= 0.6 is 0 Å². The predicted octanol–water partition coefficient (Wildman–Crippen LogP) is 2.54. The molecule has 0 bridgehead atoms. The Morgan fingerprint density at radius 1 is 0.829 bits per heavy atom. The highest BCUT2D eigenvalue weighted by Crippen LogP contribution is 2.19. The van der Waals surface area contributed by atoms with Crippen molar-refractivity contribution in [2.45, 2.75) is 31.6 Å². The van der Waals surface area contributed by atoms with E-state index in [4.69, 9.17) is 10.5 Å². The Morgan fingerprint density at radius 3 is 2.06 bits per heavy atom. The molecule has 3 amide bonds. The molecule has 8 nitrogen and oxygen atoms in total. The number of benzene rings is 3. The van der Waals surface area contributed by atoms with Gasteiger partial charge in [0.25, 0.3) is 0 Å². The van der Waals surface area contributed by atoms with Crippen LogP contribution in [0.15, 0.2) is 84.9 Å². The van der Waals surface area contributed by atoms with Crippen molar-refractivity contribution in [3.05, 3.63) is 96.1 Å². The van der Waals surface area contributed by atoms with E-state index < -0.39 is 30.1 Å². The molecule has 0 aliphatic heterocycles. The van der Waals surface area contributed by atoms with Crippen LogP contribution in [0.3, 0.4) is 0 Å². The Balaban J connectivity index is 1.43. The van der Waals surface area contributed by atoms with E-state index in [-0.39, 0.29) is 26.0 Å². The zero-order valence-corrected chi connectivity index (χ0v) is 19.2. The molecule has 8 heteroatoms. The molecule has 182 valence electrons. The summed E-state index contributed by atoms with van der Waals surface area (Å²) in [4.78, 5) is 36.0. The van der Waals surface area contributed by atoms with Gasteiger partial charge in [-0.2, -0.15) is 0 Å². The number of hydrogen-bond acceptors (Lipinski definition) is 5. The van der Waals surface area contributed by atoms with E-state index in [0.29, 0.717) is 0 Å². The molecule has 3 aromatic carbocycles. The molecule has 0 fully saturated rings. The van der Waals surface area contributed by atoms with Gasteiger partial charge in [0.05, 0.1) is 12.5 Å². The molecular formula is C27H29N3O5. The highest BCUT2D eigenvalue weighted by molar-refractivity contribution is 5.87. The Kier molecular flexibility index (Phi) is 9.39. The first-order chi connectivity index (χ1) is 16.9. The molecule has 0 unspecified atom stereocenters. The van der Waals surface area contributed by atoms with Gasteiger partial charge in [0, 0.05) is 13.0 Å². The molecule has 2 atom stereocenters. The van der Waals surface area contributed by atoms with Crippen LogP contribution in [0.5, 0.6) is 0 Å². The number of rotatable bonds is 11. The van der Waals surface area contributed by atoms with Crippen LogP contribution in [0.25, 0.3) is 11.1 Å². The zero-order valence-electron chi connectivity index (χ0n) is 19.2. The molecule has 0 aliphatic carbocycles. The smallest absolute Gasteiger partial charge is 0.407 e. The van der Waals surface area contributed by atoms with Crippen molar-refractivity contribution in [1.29, 1.82) is 0 Å². The topological polar surface area (TPSA) is 131 Å². The van der Waals surface area contributed by atoms with Gasteiger partial charge in [-0.05, 0) is 22.3 Å². The molecule has 0 spiro atoms. The van der Waals surface area contributed by atoms with Crippen molar-refractivity contribution in [2.75, 3.05) is 6.54 Å². The summed E-state index contributed by atoms with van der Waals surface area (Å²) in [5, 5.41) is 15.1. The second-order valence-corrected chi connectivity index (χ2v) is 8.09. The van der Waals surface area contributed by atoms with Gasteiger partial charge in [-0.3, -0.25) is 9.59 Å². The summed E-state index contributed by atoms with van der Waals surface area (Å²) in [6.45, 7) is -0.0842. The standard InChI is InChI=1S/C27H29N3O5/c28-26(33)24(15-19-11-13-22(14-12-19)21-9-5-2-6-10-21)30-25(32)16-23(31)17-29-27(34)35-18-20-7-3-1-4-8-20/h1-14,23-24,31H,15-18H2,(H2,28,33)(H,29,34)(H,30,32)/t23-,24+/m0/s1. The SMILES string of the molecule is NC(=O)[C@@H](Cc1ccc(-c2ccccc2)cc1)NC(=O)C[C@H](O)CNC(=O)OCc1ccccc1. The highest BCUT2D eigenvalue weighted by Gasteiger charge is 2.21. The monoisotopic (exact) mass is 475 g/mol. The van der Waals surface area contributed by atoms with Crippen LogP contribution in [0.2, 0.25) is 0 Å². The predicted molar refractivity (Wildman–Crippen MR) is 132 cm³/mol.